The maximum Gasteiger partial charge on any atom is 0.333 e. The summed E-state index contributed by atoms with van der Waals surface area (Å²) in [5, 5.41) is 22.7. The summed E-state index contributed by atoms with van der Waals surface area (Å²) in [5.41, 5.74) is 0.321. The Labute approximate surface area is 111 Å². The highest BCUT2D eigenvalue weighted by atomic mass is 32.2. The summed E-state index contributed by atoms with van der Waals surface area (Å²) >= 11 is 0. The minimum atomic E-state index is -3.51. The third-order valence-corrected chi connectivity index (χ3v) is 3.37. The van der Waals surface area contributed by atoms with Crippen molar-refractivity contribution < 1.29 is 13.3 Å². The quantitative estimate of drug-likeness (QED) is 0.412. The fourth-order valence-electron chi connectivity index (χ4n) is 1.68. The number of hydrogen-bond acceptors (Lipinski definition) is 6. The molecule has 0 aromatic carbocycles. The van der Waals surface area contributed by atoms with Crippen molar-refractivity contribution in [1.82, 2.24) is 9.78 Å². The van der Waals surface area contributed by atoms with Crippen LogP contribution in [0.4, 0.5) is 11.5 Å². The van der Waals surface area contributed by atoms with Crippen LogP contribution in [-0.2, 0) is 23.5 Å². The van der Waals surface area contributed by atoms with Gasteiger partial charge in [-0.05, 0) is 12.8 Å². The molecular formula is C9H17N5O4S. The molecule has 0 atom stereocenters. The summed E-state index contributed by atoms with van der Waals surface area (Å²) in [6.45, 7) is 2.04. The second kappa shape index (κ2) is 5.97. The van der Waals surface area contributed by atoms with Gasteiger partial charge >= 0.3 is 5.69 Å². The lowest BCUT2D eigenvalue weighted by atomic mass is 10.3. The van der Waals surface area contributed by atoms with E-state index in [0.29, 0.717) is 12.1 Å². The number of primary sulfonamides is 1. The van der Waals surface area contributed by atoms with Crippen LogP contribution in [0.15, 0.2) is 0 Å². The van der Waals surface area contributed by atoms with Crippen molar-refractivity contribution in [2.24, 2.45) is 12.2 Å². The zero-order chi connectivity index (χ0) is 14.6. The highest BCUT2D eigenvalue weighted by molar-refractivity contribution is 7.89. The highest BCUT2D eigenvalue weighted by Gasteiger charge is 2.25. The zero-order valence-electron chi connectivity index (χ0n) is 10.8. The maximum atomic E-state index is 11.0. The summed E-state index contributed by atoms with van der Waals surface area (Å²) in [4.78, 5) is 10.5. The van der Waals surface area contributed by atoms with Crippen molar-refractivity contribution in [3.63, 3.8) is 0 Å². The van der Waals surface area contributed by atoms with Crippen molar-refractivity contribution in [3.8, 4) is 0 Å². The van der Waals surface area contributed by atoms with Crippen LogP contribution in [0.25, 0.3) is 0 Å². The van der Waals surface area contributed by atoms with Gasteiger partial charge in [-0.3, -0.25) is 10.1 Å². The molecule has 0 unspecified atom stereocenters. The lowest BCUT2D eigenvalue weighted by molar-refractivity contribution is -0.384. The molecule has 0 aliphatic heterocycles. The van der Waals surface area contributed by atoms with Crippen molar-refractivity contribution in [2.45, 2.75) is 19.8 Å². The lowest BCUT2D eigenvalue weighted by Gasteiger charge is -2.05. The van der Waals surface area contributed by atoms with Crippen molar-refractivity contribution in [2.75, 3.05) is 17.6 Å². The summed E-state index contributed by atoms with van der Waals surface area (Å²) in [6, 6.07) is 0. The molecule has 1 aromatic heterocycles. The van der Waals surface area contributed by atoms with Crippen LogP contribution < -0.4 is 10.5 Å². The molecule has 108 valence electrons. The number of nitrogens with zero attached hydrogens (tertiary/aromatic N) is 3. The molecule has 1 rings (SSSR count). The first kappa shape index (κ1) is 15.4. The molecule has 0 saturated heterocycles. The molecular weight excluding hydrogens is 274 g/mol. The predicted octanol–water partition coefficient (Wildman–Crippen LogP) is -0.0188. The van der Waals surface area contributed by atoms with Crippen LogP contribution in [0.5, 0.6) is 0 Å². The molecule has 0 saturated carbocycles. The van der Waals surface area contributed by atoms with Crippen LogP contribution in [-0.4, -0.2) is 35.4 Å². The Balaban J connectivity index is 2.78. The van der Waals surface area contributed by atoms with E-state index in [2.05, 4.69) is 10.4 Å². The third-order valence-electron chi connectivity index (χ3n) is 2.51. The summed E-state index contributed by atoms with van der Waals surface area (Å²) < 4.78 is 22.9. The van der Waals surface area contributed by atoms with Crippen LogP contribution in [0.1, 0.15) is 19.0 Å². The van der Waals surface area contributed by atoms with Crippen molar-refractivity contribution in [3.05, 3.63) is 15.8 Å². The van der Waals surface area contributed by atoms with E-state index in [1.807, 2.05) is 0 Å². The zero-order valence-corrected chi connectivity index (χ0v) is 11.6. The van der Waals surface area contributed by atoms with Gasteiger partial charge in [0.1, 0.15) is 5.69 Å². The molecule has 0 aliphatic rings. The number of hydrogen-bond donors (Lipinski definition) is 2. The topological polar surface area (TPSA) is 133 Å². The standard InChI is InChI=1S/C9H17N5O4S/c1-3-7-8(14(15)16)9(13(2)12-7)11-5-4-6-19(10,17)18/h11H,3-6H2,1-2H3,(H2,10,17,18). The number of rotatable bonds is 7. The van der Waals surface area contributed by atoms with E-state index in [0.717, 1.165) is 0 Å². The largest absolute Gasteiger partial charge is 0.364 e. The van der Waals surface area contributed by atoms with Crippen LogP contribution in [0.2, 0.25) is 0 Å². The lowest BCUT2D eigenvalue weighted by Crippen LogP contribution is -2.19. The predicted molar refractivity (Wildman–Crippen MR) is 70.3 cm³/mol. The van der Waals surface area contributed by atoms with Gasteiger partial charge in [0, 0.05) is 13.6 Å². The number of nitro groups is 1. The monoisotopic (exact) mass is 291 g/mol. The molecule has 1 heterocycles. The number of nitrogens with two attached hydrogens (primary N) is 1. The molecule has 10 heteroatoms. The minimum Gasteiger partial charge on any atom is -0.364 e. The van der Waals surface area contributed by atoms with Crippen molar-refractivity contribution in [1.29, 1.82) is 0 Å². The number of anilines is 1. The van der Waals surface area contributed by atoms with E-state index in [1.54, 1.807) is 14.0 Å². The highest BCUT2D eigenvalue weighted by Crippen LogP contribution is 2.28. The van der Waals surface area contributed by atoms with Gasteiger partial charge in [0.25, 0.3) is 0 Å². The van der Waals surface area contributed by atoms with Gasteiger partial charge in [-0.15, -0.1) is 0 Å². The first-order chi connectivity index (χ1) is 8.76. The van der Waals surface area contributed by atoms with Crippen LogP contribution in [0.3, 0.4) is 0 Å². The first-order valence-electron chi connectivity index (χ1n) is 5.71. The average molecular weight is 291 g/mol. The minimum absolute atomic E-state index is 0.0689. The Morgan fingerprint density at radius 3 is 2.63 bits per heavy atom. The summed E-state index contributed by atoms with van der Waals surface area (Å²) in [5.74, 6) is 0.100. The smallest absolute Gasteiger partial charge is 0.333 e. The second-order valence-electron chi connectivity index (χ2n) is 4.03. The van der Waals surface area contributed by atoms with Gasteiger partial charge in [-0.2, -0.15) is 5.10 Å². The number of nitrogens with one attached hydrogen (secondary N) is 1. The Bertz CT molecular complexity index is 565. The molecule has 0 bridgehead atoms. The normalized spacial score (nSPS) is 11.5. The van der Waals surface area contributed by atoms with E-state index >= 15 is 0 Å². The van der Waals surface area contributed by atoms with Gasteiger partial charge < -0.3 is 5.32 Å². The number of aromatic nitrogens is 2. The van der Waals surface area contributed by atoms with Crippen LogP contribution in [0, 0.1) is 10.1 Å². The summed E-state index contributed by atoms with van der Waals surface area (Å²) in [7, 11) is -1.92. The van der Waals surface area contributed by atoms with E-state index in [-0.39, 0.29) is 30.2 Å². The molecule has 0 spiro atoms. The van der Waals surface area contributed by atoms with Crippen LogP contribution >= 0.6 is 0 Å². The fourth-order valence-corrected chi connectivity index (χ4v) is 2.22. The Morgan fingerprint density at radius 1 is 1.53 bits per heavy atom. The van der Waals surface area contributed by atoms with E-state index in [9.17, 15) is 18.5 Å². The Hall–Kier alpha value is -1.68. The molecule has 0 amide bonds. The van der Waals surface area contributed by atoms with Gasteiger partial charge in [-0.1, -0.05) is 6.92 Å². The second-order valence-corrected chi connectivity index (χ2v) is 5.76. The molecule has 3 N–H and O–H groups in total. The molecule has 19 heavy (non-hydrogen) atoms. The third kappa shape index (κ3) is 4.17. The molecule has 9 nitrogen and oxygen atoms in total. The van der Waals surface area contributed by atoms with Gasteiger partial charge in [0.15, 0.2) is 0 Å². The molecule has 0 aliphatic carbocycles. The van der Waals surface area contributed by atoms with Gasteiger partial charge in [0.2, 0.25) is 15.8 Å². The molecule has 0 fully saturated rings. The molecule has 1 aromatic rings. The Morgan fingerprint density at radius 2 is 2.16 bits per heavy atom. The summed E-state index contributed by atoms with van der Waals surface area (Å²) in [6.07, 6.45) is 0.714. The Kier molecular flexibility index (Phi) is 4.84. The number of aryl methyl sites for hydroxylation is 2. The van der Waals surface area contributed by atoms with E-state index in [1.165, 1.54) is 4.68 Å². The fraction of sp³-hybridized carbons (Fsp3) is 0.667. The van der Waals surface area contributed by atoms with E-state index in [4.69, 9.17) is 5.14 Å². The maximum absolute atomic E-state index is 11.0. The SMILES string of the molecule is CCc1nn(C)c(NCCCS(N)(=O)=O)c1[N+](=O)[O-]. The first-order valence-corrected chi connectivity index (χ1v) is 7.42. The average Bonchev–Trinajstić information content (AvgIpc) is 2.60. The number of sulfonamides is 1. The molecule has 0 radical (unpaired) electrons. The van der Waals surface area contributed by atoms with E-state index < -0.39 is 14.9 Å². The van der Waals surface area contributed by atoms with Gasteiger partial charge in [-0.25, -0.2) is 18.2 Å². The van der Waals surface area contributed by atoms with Crippen molar-refractivity contribution >= 4 is 21.5 Å². The van der Waals surface area contributed by atoms with Gasteiger partial charge in [0.05, 0.1) is 10.7 Å².